The van der Waals surface area contributed by atoms with Gasteiger partial charge in [-0.3, -0.25) is 4.79 Å². The van der Waals surface area contributed by atoms with Gasteiger partial charge in [0.2, 0.25) is 0 Å². The normalized spacial score (nSPS) is 27.4. The molecule has 0 unspecified atom stereocenters. The van der Waals surface area contributed by atoms with Crippen LogP contribution >= 0.6 is 0 Å². The molecule has 1 aromatic heterocycles. The molecule has 1 aliphatic heterocycles. The Morgan fingerprint density at radius 1 is 1.56 bits per heavy atom. The van der Waals surface area contributed by atoms with Crippen LogP contribution in [0.1, 0.15) is 28.9 Å². The molecule has 1 saturated heterocycles. The molecule has 0 atom stereocenters. The van der Waals surface area contributed by atoms with Gasteiger partial charge in [0.05, 0.1) is 21.4 Å². The van der Waals surface area contributed by atoms with E-state index in [-0.39, 0.29) is 17.2 Å². The highest BCUT2D eigenvalue weighted by Gasteiger charge is 2.22. The van der Waals surface area contributed by atoms with Crippen molar-refractivity contribution in [3.8, 4) is 6.07 Å². The van der Waals surface area contributed by atoms with E-state index in [0.717, 1.165) is 0 Å². The second-order valence-corrected chi connectivity index (χ2v) is 6.77. The van der Waals surface area contributed by atoms with Crippen molar-refractivity contribution in [1.82, 2.24) is 4.98 Å². The fraction of sp³-hybridized carbons (Fsp3) is 0.455. The monoisotopic (exact) mass is 267 g/mol. The van der Waals surface area contributed by atoms with E-state index in [1.807, 2.05) is 6.07 Å². The molecule has 1 amide bonds. The Bertz CT molecular complexity index is 606. The van der Waals surface area contributed by atoms with Crippen LogP contribution in [0.15, 0.2) is 16.6 Å². The molecule has 6 nitrogen and oxygen atoms in total. The summed E-state index contributed by atoms with van der Waals surface area (Å²) < 4.78 is 16.0. The molecule has 96 valence electrons. The van der Waals surface area contributed by atoms with Crippen LogP contribution in [0.4, 0.5) is 0 Å². The molecule has 1 fully saturated rings. The largest absolute Gasteiger partial charge is 0.393 e. The zero-order valence-electron chi connectivity index (χ0n) is 9.63. The first kappa shape index (κ1) is 12.8. The third-order valence-corrected chi connectivity index (χ3v) is 5.08. The predicted octanol–water partition coefficient (Wildman–Crippen LogP) is 0.649. The lowest BCUT2D eigenvalue weighted by atomic mass is 10.2. The lowest BCUT2D eigenvalue weighted by molar-refractivity contribution is 0.1000. The van der Waals surface area contributed by atoms with Crippen molar-refractivity contribution >= 4 is 15.6 Å². The van der Waals surface area contributed by atoms with Crippen LogP contribution in [0.5, 0.6) is 0 Å². The summed E-state index contributed by atoms with van der Waals surface area (Å²) in [6, 6.07) is 3.27. The van der Waals surface area contributed by atoms with Crippen LogP contribution in [0.2, 0.25) is 0 Å². The molecule has 2 rings (SSSR count). The molecule has 1 aromatic rings. The average molecular weight is 267 g/mol. The molecule has 0 bridgehead atoms. The fourth-order valence-electron chi connectivity index (χ4n) is 1.76. The molecule has 18 heavy (non-hydrogen) atoms. The SMILES string of the molecule is N#Cc1c[nH]c(C(=O)N=S2(=O)CCC(O)CC2)c1. The summed E-state index contributed by atoms with van der Waals surface area (Å²) in [5.41, 5.74) is 0.503. The van der Waals surface area contributed by atoms with E-state index >= 15 is 0 Å². The quantitative estimate of drug-likeness (QED) is 0.779. The third kappa shape index (κ3) is 2.78. The highest BCUT2D eigenvalue weighted by Crippen LogP contribution is 2.16. The molecular formula is C11H13N3O3S. The van der Waals surface area contributed by atoms with Gasteiger partial charge in [-0.1, -0.05) is 0 Å². The van der Waals surface area contributed by atoms with E-state index < -0.39 is 21.7 Å². The smallest absolute Gasteiger partial charge is 0.301 e. The molecule has 2 heterocycles. The van der Waals surface area contributed by atoms with E-state index in [2.05, 4.69) is 9.35 Å². The Balaban J connectivity index is 2.20. The molecule has 7 heteroatoms. The van der Waals surface area contributed by atoms with Crippen molar-refractivity contribution in [3.63, 3.8) is 0 Å². The van der Waals surface area contributed by atoms with Gasteiger partial charge in [-0.2, -0.15) is 9.62 Å². The number of nitrogens with zero attached hydrogens (tertiary/aromatic N) is 2. The number of H-pyrrole nitrogens is 1. The van der Waals surface area contributed by atoms with Gasteiger partial charge in [0.25, 0.3) is 0 Å². The molecule has 0 aromatic carbocycles. The predicted molar refractivity (Wildman–Crippen MR) is 65.4 cm³/mol. The number of amides is 1. The maximum absolute atomic E-state index is 12.2. The average Bonchev–Trinajstić information content (AvgIpc) is 2.82. The van der Waals surface area contributed by atoms with Crippen molar-refractivity contribution in [2.75, 3.05) is 11.5 Å². The Hall–Kier alpha value is -1.65. The first-order valence-corrected chi connectivity index (χ1v) is 7.41. The Morgan fingerprint density at radius 3 is 2.78 bits per heavy atom. The van der Waals surface area contributed by atoms with Crippen LogP contribution in [0.25, 0.3) is 0 Å². The topological polar surface area (TPSA) is 106 Å². The van der Waals surface area contributed by atoms with Crippen LogP contribution in [-0.4, -0.2) is 37.8 Å². The minimum Gasteiger partial charge on any atom is -0.393 e. The van der Waals surface area contributed by atoms with Crippen LogP contribution in [-0.2, 0) is 9.73 Å². The number of nitrogens with one attached hydrogen (secondary N) is 1. The van der Waals surface area contributed by atoms with Crippen molar-refractivity contribution in [2.24, 2.45) is 4.36 Å². The number of carbonyl (C=O) groups excluding carboxylic acids is 1. The van der Waals surface area contributed by atoms with Gasteiger partial charge in [-0.25, -0.2) is 4.21 Å². The highest BCUT2D eigenvalue weighted by molar-refractivity contribution is 7.93. The number of carbonyl (C=O) groups is 1. The van der Waals surface area contributed by atoms with E-state index in [9.17, 15) is 14.1 Å². The molecule has 0 aliphatic carbocycles. The van der Waals surface area contributed by atoms with Crippen LogP contribution in [0.3, 0.4) is 0 Å². The van der Waals surface area contributed by atoms with E-state index in [4.69, 9.17) is 5.26 Å². The summed E-state index contributed by atoms with van der Waals surface area (Å²) in [7, 11) is -2.56. The lowest BCUT2D eigenvalue weighted by Crippen LogP contribution is -2.27. The van der Waals surface area contributed by atoms with Gasteiger partial charge < -0.3 is 10.1 Å². The Kier molecular flexibility index (Phi) is 3.50. The van der Waals surface area contributed by atoms with Gasteiger partial charge in [0, 0.05) is 17.7 Å². The van der Waals surface area contributed by atoms with Crippen molar-refractivity contribution in [1.29, 1.82) is 5.26 Å². The highest BCUT2D eigenvalue weighted by atomic mass is 32.2. The number of aliphatic hydroxyl groups excluding tert-OH is 1. The second kappa shape index (κ2) is 4.92. The van der Waals surface area contributed by atoms with Crippen molar-refractivity contribution in [2.45, 2.75) is 18.9 Å². The van der Waals surface area contributed by atoms with E-state index in [0.29, 0.717) is 18.4 Å². The number of aromatic amines is 1. The van der Waals surface area contributed by atoms with Gasteiger partial charge in [0.15, 0.2) is 0 Å². The zero-order valence-corrected chi connectivity index (χ0v) is 10.4. The first-order chi connectivity index (χ1) is 8.52. The second-order valence-electron chi connectivity index (χ2n) is 4.22. The van der Waals surface area contributed by atoms with Gasteiger partial charge in [-0.05, 0) is 18.9 Å². The third-order valence-electron chi connectivity index (χ3n) is 2.83. The lowest BCUT2D eigenvalue weighted by Gasteiger charge is -2.19. The number of rotatable bonds is 1. The minimum atomic E-state index is -2.56. The number of nitriles is 1. The van der Waals surface area contributed by atoms with Crippen LogP contribution < -0.4 is 0 Å². The maximum Gasteiger partial charge on any atom is 0.301 e. The summed E-state index contributed by atoms with van der Waals surface area (Å²) in [6.07, 6.45) is 1.77. The fourth-order valence-corrected chi connectivity index (χ4v) is 3.83. The summed E-state index contributed by atoms with van der Waals surface area (Å²) in [5.74, 6) is -0.116. The molecular weight excluding hydrogens is 254 g/mol. The number of hydrogen-bond acceptors (Lipinski definition) is 4. The summed E-state index contributed by atoms with van der Waals surface area (Å²) in [4.78, 5) is 14.4. The van der Waals surface area contributed by atoms with Gasteiger partial charge in [0.1, 0.15) is 11.8 Å². The van der Waals surface area contributed by atoms with Crippen LogP contribution in [0, 0.1) is 11.3 Å². The molecule has 0 radical (unpaired) electrons. The van der Waals surface area contributed by atoms with Gasteiger partial charge in [-0.15, -0.1) is 0 Å². The summed E-state index contributed by atoms with van der Waals surface area (Å²) in [6.45, 7) is 0. The van der Waals surface area contributed by atoms with Gasteiger partial charge >= 0.3 is 5.91 Å². The van der Waals surface area contributed by atoms with Crippen molar-refractivity contribution < 1.29 is 14.1 Å². The first-order valence-electron chi connectivity index (χ1n) is 5.56. The number of aliphatic hydroxyl groups is 1. The maximum atomic E-state index is 12.2. The molecule has 2 N–H and O–H groups in total. The Labute approximate surface area is 105 Å². The minimum absolute atomic E-state index is 0.167. The number of aromatic nitrogens is 1. The molecule has 1 aliphatic rings. The standard InChI is InChI=1S/C11H13N3O3S/c12-6-8-5-10(13-7-8)11(16)14-18(17)3-1-9(15)2-4-18/h5,7,9,13,15H,1-4H2. The molecule has 0 saturated carbocycles. The van der Waals surface area contributed by atoms with Crippen molar-refractivity contribution in [3.05, 3.63) is 23.5 Å². The molecule has 0 spiro atoms. The van der Waals surface area contributed by atoms with E-state index in [1.165, 1.54) is 12.3 Å². The number of hydrogen-bond donors (Lipinski definition) is 2. The summed E-state index contributed by atoms with van der Waals surface area (Å²) in [5, 5.41) is 18.0. The summed E-state index contributed by atoms with van der Waals surface area (Å²) >= 11 is 0. The Morgan fingerprint density at radius 2 is 2.22 bits per heavy atom. The zero-order chi connectivity index (χ0) is 13.2. The van der Waals surface area contributed by atoms with E-state index in [1.54, 1.807) is 0 Å².